The average molecular weight is 383 g/mol. The number of hydrogen-bond donors (Lipinski definition) is 3. The molecule has 0 unspecified atom stereocenters. The van der Waals surface area contributed by atoms with E-state index in [9.17, 15) is 13.2 Å². The van der Waals surface area contributed by atoms with E-state index in [0.717, 1.165) is 22.3 Å². The Labute approximate surface area is 156 Å². The summed E-state index contributed by atoms with van der Waals surface area (Å²) in [5.74, 6) is 0.446. The van der Waals surface area contributed by atoms with Crippen molar-refractivity contribution in [2.45, 2.75) is 4.90 Å². The Morgan fingerprint density at radius 1 is 1.15 bits per heavy atom. The Morgan fingerprint density at radius 3 is 2.70 bits per heavy atom. The third-order valence-electron chi connectivity index (χ3n) is 4.52. The molecule has 0 fully saturated rings. The minimum absolute atomic E-state index is 0.101. The van der Waals surface area contributed by atoms with Crippen molar-refractivity contribution >= 4 is 44.2 Å². The van der Waals surface area contributed by atoms with Crippen LogP contribution in [0, 0.1) is 0 Å². The Balaban J connectivity index is 1.84. The molecule has 1 amide bonds. The van der Waals surface area contributed by atoms with Gasteiger partial charge in [-0.25, -0.2) is 13.1 Å². The summed E-state index contributed by atoms with van der Waals surface area (Å²) < 4.78 is 31.8. The normalized spacial score (nSPS) is 15.2. The van der Waals surface area contributed by atoms with E-state index in [-0.39, 0.29) is 10.8 Å². The largest absolute Gasteiger partial charge is 0.496 e. The highest BCUT2D eigenvalue weighted by molar-refractivity contribution is 7.89. The molecule has 1 aliphatic heterocycles. The molecule has 0 bridgehead atoms. The fraction of sp³-hybridized carbons (Fsp3) is 0.105. The highest BCUT2D eigenvalue weighted by Crippen LogP contribution is 2.35. The maximum atomic E-state index is 12.4. The lowest BCUT2D eigenvalue weighted by Crippen LogP contribution is -2.18. The highest BCUT2D eigenvalue weighted by Gasteiger charge is 2.26. The topological polar surface area (TPSA) is 100 Å². The summed E-state index contributed by atoms with van der Waals surface area (Å²) in [4.78, 5) is 15.8. The smallest absolute Gasteiger partial charge is 0.256 e. The number of sulfonamides is 1. The van der Waals surface area contributed by atoms with Crippen LogP contribution in [-0.2, 0) is 14.8 Å². The lowest BCUT2D eigenvalue weighted by molar-refractivity contribution is -0.110. The van der Waals surface area contributed by atoms with E-state index < -0.39 is 10.0 Å². The number of carbonyl (C=O) groups is 1. The van der Waals surface area contributed by atoms with Crippen molar-refractivity contribution < 1.29 is 17.9 Å². The van der Waals surface area contributed by atoms with Crippen LogP contribution in [0.5, 0.6) is 5.75 Å². The molecule has 27 heavy (non-hydrogen) atoms. The first kappa shape index (κ1) is 17.3. The van der Waals surface area contributed by atoms with Crippen LogP contribution in [0.15, 0.2) is 47.4 Å². The number of amides is 1. The molecule has 0 spiro atoms. The maximum Gasteiger partial charge on any atom is 0.256 e. The van der Waals surface area contributed by atoms with E-state index in [2.05, 4.69) is 15.0 Å². The van der Waals surface area contributed by atoms with Crippen molar-refractivity contribution in [2.75, 3.05) is 19.5 Å². The van der Waals surface area contributed by atoms with Crippen LogP contribution < -0.4 is 14.8 Å². The van der Waals surface area contributed by atoms with Gasteiger partial charge in [0.2, 0.25) is 10.0 Å². The monoisotopic (exact) mass is 383 g/mol. The standard InChI is InChI=1S/C19H17N3O4S/c1-20-27(24,25)12-6-7-17-13(10-12)14(19(23)22-17)8-11-9-15-16(21-11)4-3-5-18(15)26-2/h3-10,20-21H,1-2H3,(H,22,23)/b14-8+. The minimum Gasteiger partial charge on any atom is -0.496 e. The van der Waals surface area contributed by atoms with Gasteiger partial charge in [-0.3, -0.25) is 4.79 Å². The molecule has 4 rings (SSSR count). The van der Waals surface area contributed by atoms with Gasteiger partial charge in [-0.1, -0.05) is 6.07 Å². The fourth-order valence-electron chi connectivity index (χ4n) is 3.16. The van der Waals surface area contributed by atoms with E-state index in [0.29, 0.717) is 16.8 Å². The number of rotatable bonds is 4. The van der Waals surface area contributed by atoms with Crippen molar-refractivity contribution in [2.24, 2.45) is 0 Å². The predicted molar refractivity (Wildman–Crippen MR) is 104 cm³/mol. The first-order chi connectivity index (χ1) is 12.9. The quantitative estimate of drug-likeness (QED) is 0.603. The van der Waals surface area contributed by atoms with Crippen LogP contribution in [0.1, 0.15) is 11.3 Å². The third-order valence-corrected chi connectivity index (χ3v) is 5.93. The van der Waals surface area contributed by atoms with Crippen LogP contribution in [0.25, 0.3) is 22.6 Å². The SMILES string of the molecule is CNS(=O)(=O)c1ccc2c(c1)/C(=C\c1cc3c(OC)cccc3[nH]1)C(=O)N2. The first-order valence-electron chi connectivity index (χ1n) is 8.19. The van der Waals surface area contributed by atoms with Crippen LogP contribution in [0.2, 0.25) is 0 Å². The minimum atomic E-state index is -3.60. The number of fused-ring (bicyclic) bond motifs is 2. The van der Waals surface area contributed by atoms with Crippen LogP contribution in [0.4, 0.5) is 5.69 Å². The van der Waals surface area contributed by atoms with Crippen molar-refractivity contribution in [3.63, 3.8) is 0 Å². The Kier molecular flexibility index (Phi) is 4.01. The summed E-state index contributed by atoms with van der Waals surface area (Å²) in [5.41, 5.74) is 3.11. The number of hydrogen-bond acceptors (Lipinski definition) is 4. The summed E-state index contributed by atoms with van der Waals surface area (Å²) in [6, 6.07) is 12.1. The predicted octanol–water partition coefficient (Wildman–Crippen LogP) is 2.58. The van der Waals surface area contributed by atoms with Gasteiger partial charge in [0, 0.05) is 27.8 Å². The van der Waals surface area contributed by atoms with Gasteiger partial charge in [0.25, 0.3) is 5.91 Å². The van der Waals surface area contributed by atoms with Crippen molar-refractivity contribution in [3.05, 3.63) is 53.7 Å². The molecule has 2 heterocycles. The molecule has 3 N–H and O–H groups in total. The number of anilines is 1. The van der Waals surface area contributed by atoms with Gasteiger partial charge in [0.05, 0.1) is 17.6 Å². The van der Waals surface area contributed by atoms with E-state index >= 15 is 0 Å². The summed E-state index contributed by atoms with van der Waals surface area (Å²) in [6.07, 6.45) is 1.70. The average Bonchev–Trinajstić information content (AvgIpc) is 3.22. The number of H-pyrrole nitrogens is 1. The van der Waals surface area contributed by atoms with Gasteiger partial charge in [0.15, 0.2) is 0 Å². The van der Waals surface area contributed by atoms with Gasteiger partial charge in [-0.15, -0.1) is 0 Å². The zero-order valence-electron chi connectivity index (χ0n) is 14.7. The van der Waals surface area contributed by atoms with Gasteiger partial charge < -0.3 is 15.0 Å². The van der Waals surface area contributed by atoms with Crippen LogP contribution in [-0.4, -0.2) is 33.5 Å². The molecule has 8 heteroatoms. The third kappa shape index (κ3) is 2.88. The van der Waals surface area contributed by atoms with E-state index in [1.165, 1.54) is 19.2 Å². The molecule has 0 atom stereocenters. The zero-order chi connectivity index (χ0) is 19.2. The summed E-state index contributed by atoms with van der Waals surface area (Å²) >= 11 is 0. The number of benzene rings is 2. The number of carbonyl (C=O) groups excluding carboxylic acids is 1. The Hall–Kier alpha value is -3.10. The molecule has 0 saturated heterocycles. The Morgan fingerprint density at radius 2 is 1.96 bits per heavy atom. The number of nitrogens with one attached hydrogen (secondary N) is 3. The van der Waals surface area contributed by atoms with E-state index in [1.807, 2.05) is 24.3 Å². The highest BCUT2D eigenvalue weighted by atomic mass is 32.2. The molecule has 1 aromatic heterocycles. The van der Waals surface area contributed by atoms with Gasteiger partial charge >= 0.3 is 0 Å². The number of aromatic nitrogens is 1. The molecule has 7 nitrogen and oxygen atoms in total. The van der Waals surface area contributed by atoms with Gasteiger partial charge in [-0.05, 0) is 49.5 Å². The van der Waals surface area contributed by atoms with E-state index in [4.69, 9.17) is 4.74 Å². The molecule has 0 radical (unpaired) electrons. The zero-order valence-corrected chi connectivity index (χ0v) is 15.5. The van der Waals surface area contributed by atoms with E-state index in [1.54, 1.807) is 19.3 Å². The molecule has 2 aromatic carbocycles. The van der Waals surface area contributed by atoms with Crippen LogP contribution >= 0.6 is 0 Å². The number of aromatic amines is 1. The van der Waals surface area contributed by atoms with Gasteiger partial charge in [0.1, 0.15) is 5.75 Å². The summed E-state index contributed by atoms with van der Waals surface area (Å²) in [6.45, 7) is 0. The summed E-state index contributed by atoms with van der Waals surface area (Å²) in [7, 11) is -0.654. The fourth-order valence-corrected chi connectivity index (χ4v) is 3.91. The first-order valence-corrected chi connectivity index (χ1v) is 9.68. The van der Waals surface area contributed by atoms with Gasteiger partial charge in [-0.2, -0.15) is 0 Å². The molecule has 138 valence electrons. The number of methoxy groups -OCH3 is 1. The van der Waals surface area contributed by atoms with Crippen molar-refractivity contribution in [1.29, 1.82) is 0 Å². The summed E-state index contributed by atoms with van der Waals surface area (Å²) in [5, 5.41) is 3.66. The van der Waals surface area contributed by atoms with Crippen LogP contribution in [0.3, 0.4) is 0 Å². The molecule has 3 aromatic rings. The van der Waals surface area contributed by atoms with Crippen molar-refractivity contribution in [1.82, 2.24) is 9.71 Å². The molecular formula is C19H17N3O4S. The molecule has 1 aliphatic rings. The molecule has 0 saturated carbocycles. The lowest BCUT2D eigenvalue weighted by atomic mass is 10.1. The second-order valence-corrected chi connectivity index (χ2v) is 7.96. The maximum absolute atomic E-state index is 12.4. The lowest BCUT2D eigenvalue weighted by Gasteiger charge is -2.05. The second-order valence-electron chi connectivity index (χ2n) is 6.07. The Bertz CT molecular complexity index is 1210. The molecular weight excluding hydrogens is 366 g/mol. The number of ether oxygens (including phenoxy) is 1. The second kappa shape index (κ2) is 6.26. The molecule has 0 aliphatic carbocycles. The van der Waals surface area contributed by atoms with Crippen molar-refractivity contribution in [3.8, 4) is 5.75 Å².